The van der Waals surface area contributed by atoms with Crippen molar-refractivity contribution in [1.29, 1.82) is 0 Å². The first-order valence-corrected chi connectivity index (χ1v) is 13.7. The van der Waals surface area contributed by atoms with E-state index in [2.05, 4.69) is 14.4 Å². The average molecular weight is 566 g/mol. The predicted molar refractivity (Wildman–Crippen MR) is 135 cm³/mol. The molecule has 0 aliphatic rings. The van der Waals surface area contributed by atoms with E-state index in [-0.39, 0.29) is 13.2 Å². The second-order valence-corrected chi connectivity index (χ2v) is 8.92. The Morgan fingerprint density at radius 3 is 1.88 bits per heavy atom. The van der Waals surface area contributed by atoms with Crippen LogP contribution >= 0.6 is 9.69 Å². The van der Waals surface area contributed by atoms with Gasteiger partial charge in [-0.3, -0.25) is 0 Å². The largest absolute Gasteiger partial charge is 0.672 e. The molecule has 4 rings (SSSR count). The fourth-order valence-electron chi connectivity index (χ4n) is 3.56. The first-order chi connectivity index (χ1) is 15.5. The van der Waals surface area contributed by atoms with E-state index >= 15 is 0 Å². The third kappa shape index (κ3) is 7.46. The van der Waals surface area contributed by atoms with Crippen molar-refractivity contribution >= 4 is 30.5 Å². The zero-order valence-corrected chi connectivity index (χ0v) is 21.4. The van der Waals surface area contributed by atoms with Crippen LogP contribution in [0, 0.1) is 7.43 Å². The van der Waals surface area contributed by atoms with E-state index in [9.17, 15) is 8.42 Å². The Hall–Kier alpha value is -2.08. The molecule has 1 N–H and O–H groups in total. The molecule has 0 aliphatic heterocycles. The first kappa shape index (κ1) is 27.2. The minimum atomic E-state index is -3.80. The van der Waals surface area contributed by atoms with E-state index in [1.807, 2.05) is 120 Å². The Morgan fingerprint density at radius 1 is 0.758 bits per heavy atom. The molecule has 7 heteroatoms. The van der Waals surface area contributed by atoms with Gasteiger partial charge in [0.2, 0.25) is 0 Å². The molecule has 0 aromatic heterocycles. The molecule has 0 bridgehead atoms. The third-order valence-electron chi connectivity index (χ3n) is 5.05. The van der Waals surface area contributed by atoms with Gasteiger partial charge in [0.05, 0.1) is 15.8 Å². The van der Waals surface area contributed by atoms with Gasteiger partial charge in [-0.25, -0.2) is 8.42 Å². The number of hydrogen-bond acceptors (Lipinski definition) is 2. The number of hydrogen-bond donors (Lipinski definition) is 0. The quantitative estimate of drug-likeness (QED) is 0.170. The molecule has 4 nitrogen and oxygen atoms in total. The zero-order chi connectivity index (χ0) is 23.0. The summed E-state index contributed by atoms with van der Waals surface area (Å²) < 4.78 is 30.2. The topological polar surface area (TPSA) is 72.0 Å². The number of benzene rings is 4. The summed E-state index contributed by atoms with van der Waals surface area (Å²) in [7, 11) is 0.770. The van der Waals surface area contributed by atoms with Crippen molar-refractivity contribution in [3.05, 3.63) is 138 Å². The molecule has 0 amide bonds. The number of nitrogens with one attached hydrogen (secondary N) is 1. The van der Waals surface area contributed by atoms with Gasteiger partial charge in [-0.2, -0.15) is 0 Å². The molecule has 0 radical (unpaired) electrons. The van der Waals surface area contributed by atoms with Crippen molar-refractivity contribution in [1.82, 2.24) is 0 Å². The summed E-state index contributed by atoms with van der Waals surface area (Å²) in [4.78, 5) is 0. The van der Waals surface area contributed by atoms with Crippen LogP contribution in [0.3, 0.4) is 0 Å². The Kier molecular flexibility index (Phi) is 10.7. The van der Waals surface area contributed by atoms with E-state index in [0.717, 1.165) is 16.3 Å². The van der Waals surface area contributed by atoms with Crippen molar-refractivity contribution < 1.29 is 25.7 Å². The summed E-state index contributed by atoms with van der Waals surface area (Å²) in [5.74, 6) is -0.192. The molecule has 33 heavy (non-hydrogen) atoms. The van der Waals surface area contributed by atoms with Crippen LogP contribution in [0.5, 0.6) is 0 Å². The minimum Gasteiger partial charge on any atom is -0.672 e. The van der Waals surface area contributed by atoms with Crippen LogP contribution < -0.4 is 0 Å². The van der Waals surface area contributed by atoms with Gasteiger partial charge in [0.25, 0.3) is 0 Å². The monoisotopic (exact) mass is 566 g/mol. The van der Waals surface area contributed by atoms with Crippen LogP contribution in [0.2, 0.25) is 0 Å². The predicted octanol–water partition coefficient (Wildman–Crippen LogP) is 7.72. The van der Waals surface area contributed by atoms with Gasteiger partial charge in [-0.05, 0) is 16.3 Å². The molecule has 0 saturated heterocycles. The number of halogens is 1. The zero-order valence-electron chi connectivity index (χ0n) is 18.1. The first-order valence-electron chi connectivity index (χ1n) is 9.89. The van der Waals surface area contributed by atoms with Crippen LogP contribution in [0.15, 0.2) is 103 Å². The molecule has 0 spiro atoms. The van der Waals surface area contributed by atoms with Gasteiger partial charge in [0.15, 0.2) is 0 Å². The van der Waals surface area contributed by atoms with Crippen LogP contribution in [0.4, 0.5) is 0 Å². The molecule has 4 aromatic rings. The minimum absolute atomic E-state index is 0. The fourth-order valence-corrected chi connectivity index (χ4v) is 4.82. The second kappa shape index (κ2) is 13.0. The van der Waals surface area contributed by atoms with E-state index in [1.54, 1.807) is 0 Å². The normalized spacial score (nSPS) is 12.7. The van der Waals surface area contributed by atoms with Crippen molar-refractivity contribution in [2.24, 2.45) is 0 Å². The molecular weight excluding hydrogens is 541 g/mol. The molecule has 2 unspecified atom stereocenters. The number of sulfonamides is 1. The van der Waals surface area contributed by atoms with Gasteiger partial charge in [-0.15, -0.1) is 12.1 Å². The Balaban J connectivity index is 0.00000125. The average Bonchev–Trinajstić information content (AvgIpc) is 2.84. The summed E-state index contributed by atoms with van der Waals surface area (Å²) in [6.07, 6.45) is 0. The van der Waals surface area contributed by atoms with Gasteiger partial charge in [0, 0.05) is 0 Å². The van der Waals surface area contributed by atoms with Crippen LogP contribution in [0.1, 0.15) is 28.8 Å². The molecule has 0 saturated carbocycles. The van der Waals surface area contributed by atoms with Crippen molar-refractivity contribution in [3.8, 4) is 0 Å². The van der Waals surface area contributed by atoms with Crippen LogP contribution in [0.25, 0.3) is 21.2 Å². The number of rotatable bonds is 7. The Morgan fingerprint density at radius 2 is 1.27 bits per heavy atom. The van der Waals surface area contributed by atoms with Crippen molar-refractivity contribution in [3.63, 3.8) is 0 Å². The summed E-state index contributed by atoms with van der Waals surface area (Å²) >= 11 is 1.82. The third-order valence-corrected chi connectivity index (χ3v) is 6.30. The smallest absolute Gasteiger partial charge is 0.0767 e. The van der Waals surface area contributed by atoms with Crippen LogP contribution in [-0.2, 0) is 33.1 Å². The summed E-state index contributed by atoms with van der Waals surface area (Å²) in [5, 5.41) is 2.06. The van der Waals surface area contributed by atoms with Gasteiger partial charge in [0.1, 0.15) is 0 Å². The number of fused-ring (bicyclic) bond motifs is 1. The second-order valence-electron chi connectivity index (χ2n) is 7.26. The SMILES string of the molecule is [CH3-].[Cl][Ru+3].[NH-]C(c1ccccc1)C([N-]S(=O)(=O)Cc1ccc2ccccc2c1)c1ccccc1. The van der Waals surface area contributed by atoms with Gasteiger partial charge in [-0.1, -0.05) is 114 Å². The number of nitrogens with zero attached hydrogens (tertiary/aromatic N) is 1. The molecule has 0 fully saturated rings. The molecule has 0 heterocycles. The fraction of sp³-hybridized carbons (Fsp3) is 0.115. The maximum absolute atomic E-state index is 13.0. The Labute approximate surface area is 210 Å². The van der Waals surface area contributed by atoms with Gasteiger partial charge < -0.3 is 17.9 Å². The molecule has 172 valence electrons. The standard InChI is InChI=1S/C25H22N2O2S.CH3.ClH.Ru/c26-24(21-10-3-1-4-11-21)25(22-12-5-2-6-13-22)27-30(28,29)18-19-15-16-20-9-7-8-14-23(20)17-19;;;/h1-17,24-26H,18H2;1H3;1H;/q-2;-1;;+4/p-1. The molecule has 0 aliphatic carbocycles. The van der Waals surface area contributed by atoms with E-state index in [1.165, 1.54) is 0 Å². The summed E-state index contributed by atoms with van der Waals surface area (Å²) in [6.45, 7) is 0. The summed E-state index contributed by atoms with van der Waals surface area (Å²) in [6, 6.07) is 30.3. The maximum Gasteiger partial charge on any atom is 0.0767 e. The molecule has 4 aromatic carbocycles. The summed E-state index contributed by atoms with van der Waals surface area (Å²) in [5.41, 5.74) is 10.8. The Bertz CT molecular complexity index is 1240. The molecule has 2 atom stereocenters. The van der Waals surface area contributed by atoms with E-state index in [4.69, 9.17) is 5.73 Å². The van der Waals surface area contributed by atoms with E-state index in [0.29, 0.717) is 11.1 Å². The van der Waals surface area contributed by atoms with Crippen LogP contribution in [-0.4, -0.2) is 8.42 Å². The van der Waals surface area contributed by atoms with Crippen molar-refractivity contribution in [2.75, 3.05) is 0 Å². The van der Waals surface area contributed by atoms with Crippen molar-refractivity contribution in [2.45, 2.75) is 17.8 Å². The maximum atomic E-state index is 13.0. The molecular formula is C26H25ClN2O2RuS. The van der Waals surface area contributed by atoms with E-state index < -0.39 is 22.1 Å². The van der Waals surface area contributed by atoms with Gasteiger partial charge >= 0.3 is 27.0 Å².